The van der Waals surface area contributed by atoms with Crippen LogP contribution in [0, 0.1) is 11.3 Å². The van der Waals surface area contributed by atoms with Gasteiger partial charge in [-0.2, -0.15) is 4.99 Å². The number of nitrogens with two attached hydrogens (primary N) is 1. The number of likely N-dealkylation sites (tertiary alicyclic amines) is 1. The number of hydrogen-bond donors (Lipinski definition) is 4. The molecule has 0 spiro atoms. The standard InChI is InChI=1S/C32H42N6O6/c1-32(2,3)28(40)18-29(33)37-31(41)36-22-7-5-8-23(15-22)44-30-24-16-27(26(42-4)17-25(24)34-20-35-30)43-14-6-11-38-12-9-21(19-39)10-13-38/h5,7-8,15-18,20-21,39-40H,6,9-14,19H2,1-4H3,(H3,33,36,37,41)/b28-18-. The van der Waals surface area contributed by atoms with Crippen molar-refractivity contribution in [2.45, 2.75) is 40.0 Å². The van der Waals surface area contributed by atoms with Crippen LogP contribution in [0.25, 0.3) is 10.9 Å². The fourth-order valence-corrected chi connectivity index (χ4v) is 4.66. The first-order chi connectivity index (χ1) is 21.0. The lowest BCUT2D eigenvalue weighted by Gasteiger charge is -2.30. The molecule has 2 aromatic carbocycles. The molecule has 2 amide bonds. The van der Waals surface area contributed by atoms with E-state index in [0.29, 0.717) is 52.2 Å². The van der Waals surface area contributed by atoms with E-state index in [4.69, 9.17) is 19.9 Å². The zero-order valence-corrected chi connectivity index (χ0v) is 25.7. The van der Waals surface area contributed by atoms with Crippen molar-refractivity contribution < 1.29 is 29.2 Å². The number of amidine groups is 1. The first-order valence-electron chi connectivity index (χ1n) is 14.7. The van der Waals surface area contributed by atoms with Gasteiger partial charge in [0.1, 0.15) is 23.7 Å². The number of urea groups is 1. The Morgan fingerprint density at radius 1 is 1.18 bits per heavy atom. The van der Waals surface area contributed by atoms with Crippen LogP contribution in [0.1, 0.15) is 40.0 Å². The van der Waals surface area contributed by atoms with Gasteiger partial charge < -0.3 is 40.4 Å². The van der Waals surface area contributed by atoms with Crippen molar-refractivity contribution in [1.82, 2.24) is 14.9 Å². The molecule has 44 heavy (non-hydrogen) atoms. The minimum Gasteiger partial charge on any atom is -0.512 e. The third-order valence-corrected chi connectivity index (χ3v) is 7.31. The summed E-state index contributed by atoms with van der Waals surface area (Å²) in [7, 11) is 1.58. The van der Waals surface area contributed by atoms with E-state index in [2.05, 4.69) is 25.2 Å². The molecule has 0 atom stereocenters. The Bertz CT molecular complexity index is 1490. The van der Waals surface area contributed by atoms with Crippen LogP contribution in [0.2, 0.25) is 0 Å². The van der Waals surface area contributed by atoms with Crippen LogP contribution in [-0.4, -0.2) is 76.9 Å². The van der Waals surface area contributed by atoms with Gasteiger partial charge in [0.15, 0.2) is 11.5 Å². The molecule has 0 unspecified atom stereocenters. The molecule has 5 N–H and O–H groups in total. The van der Waals surface area contributed by atoms with Crippen molar-refractivity contribution in [2.24, 2.45) is 22.1 Å². The summed E-state index contributed by atoms with van der Waals surface area (Å²) in [5.74, 6) is 2.16. The molecule has 1 fully saturated rings. The molecule has 1 aromatic heterocycles. The van der Waals surface area contributed by atoms with E-state index in [-0.39, 0.29) is 18.2 Å². The van der Waals surface area contributed by atoms with Gasteiger partial charge in [-0.1, -0.05) is 26.8 Å². The number of carbonyl (C=O) groups is 1. The second-order valence-corrected chi connectivity index (χ2v) is 11.7. The Kier molecular flexibility index (Phi) is 11.0. The number of ether oxygens (including phenoxy) is 3. The number of aliphatic hydroxyl groups is 2. The van der Waals surface area contributed by atoms with Crippen molar-refractivity contribution in [3.63, 3.8) is 0 Å². The highest BCUT2D eigenvalue weighted by atomic mass is 16.5. The monoisotopic (exact) mass is 606 g/mol. The fraction of sp³-hybridized carbons (Fsp3) is 0.438. The molecule has 3 aromatic rings. The number of allylic oxidation sites excluding steroid dienone is 1. The van der Waals surface area contributed by atoms with Crippen LogP contribution < -0.4 is 25.3 Å². The van der Waals surface area contributed by atoms with E-state index in [1.165, 1.54) is 12.4 Å². The van der Waals surface area contributed by atoms with Crippen LogP contribution in [0.15, 0.2) is 59.6 Å². The van der Waals surface area contributed by atoms with Crippen LogP contribution in [0.5, 0.6) is 23.1 Å². The molecule has 0 aliphatic carbocycles. The molecule has 1 saturated heterocycles. The van der Waals surface area contributed by atoms with Crippen LogP contribution >= 0.6 is 0 Å². The second-order valence-electron chi connectivity index (χ2n) is 11.7. The molecule has 0 radical (unpaired) electrons. The molecule has 0 saturated carbocycles. The van der Waals surface area contributed by atoms with E-state index in [9.17, 15) is 15.0 Å². The Morgan fingerprint density at radius 3 is 2.66 bits per heavy atom. The van der Waals surface area contributed by atoms with Gasteiger partial charge in [0.25, 0.3) is 0 Å². The maximum Gasteiger partial charge on any atom is 0.347 e. The molecular formula is C32H42N6O6. The van der Waals surface area contributed by atoms with E-state index in [0.717, 1.165) is 38.9 Å². The summed E-state index contributed by atoms with van der Waals surface area (Å²) in [6.45, 7) is 9.13. The second kappa shape index (κ2) is 14.8. The summed E-state index contributed by atoms with van der Waals surface area (Å²) >= 11 is 0. The Morgan fingerprint density at radius 2 is 1.95 bits per heavy atom. The van der Waals surface area contributed by atoms with Crippen LogP contribution in [0.3, 0.4) is 0 Å². The predicted octanol–water partition coefficient (Wildman–Crippen LogP) is 5.28. The molecule has 1 aliphatic rings. The lowest BCUT2D eigenvalue weighted by atomic mass is 9.93. The van der Waals surface area contributed by atoms with Crippen LogP contribution in [-0.2, 0) is 0 Å². The quantitative estimate of drug-likeness (QED) is 0.0976. The number of amides is 2. The maximum absolute atomic E-state index is 12.4. The number of piperidine rings is 1. The maximum atomic E-state index is 12.4. The number of methoxy groups -OCH3 is 1. The number of rotatable bonds is 11. The van der Waals surface area contributed by atoms with Gasteiger partial charge >= 0.3 is 6.03 Å². The topological polar surface area (TPSA) is 165 Å². The normalized spacial score (nSPS) is 15.3. The number of benzene rings is 2. The lowest BCUT2D eigenvalue weighted by Crippen LogP contribution is -2.35. The third kappa shape index (κ3) is 9.04. The van der Waals surface area contributed by atoms with Gasteiger partial charge in [-0.25, -0.2) is 14.8 Å². The number of nitrogens with one attached hydrogen (secondary N) is 1. The fourth-order valence-electron chi connectivity index (χ4n) is 4.66. The number of anilines is 1. The van der Waals surface area contributed by atoms with Crippen molar-refractivity contribution in [2.75, 3.05) is 45.3 Å². The van der Waals surface area contributed by atoms with Crippen molar-refractivity contribution in [3.05, 3.63) is 54.6 Å². The van der Waals surface area contributed by atoms with Crippen molar-refractivity contribution >= 4 is 28.5 Å². The molecule has 12 nitrogen and oxygen atoms in total. The minimum atomic E-state index is -0.700. The van der Waals surface area contributed by atoms with Crippen LogP contribution in [0.4, 0.5) is 10.5 Å². The van der Waals surface area contributed by atoms with Gasteiger partial charge in [0.05, 0.1) is 24.6 Å². The van der Waals surface area contributed by atoms with E-state index in [1.807, 2.05) is 20.8 Å². The predicted molar refractivity (Wildman–Crippen MR) is 170 cm³/mol. The van der Waals surface area contributed by atoms with Crippen molar-refractivity contribution in [1.29, 1.82) is 0 Å². The number of nitrogens with zero attached hydrogens (tertiary/aromatic N) is 4. The molecule has 0 bridgehead atoms. The average molecular weight is 607 g/mol. The molecule has 236 valence electrons. The summed E-state index contributed by atoms with van der Waals surface area (Å²) in [4.78, 5) is 27.3. The Hall–Kier alpha value is -4.42. The summed E-state index contributed by atoms with van der Waals surface area (Å²) in [6.07, 6.45) is 5.56. The highest BCUT2D eigenvalue weighted by Crippen LogP contribution is 2.36. The number of carbonyl (C=O) groups excluding carboxylic acids is 1. The summed E-state index contributed by atoms with van der Waals surface area (Å²) in [5, 5.41) is 22.7. The Balaban J connectivity index is 1.43. The molecule has 1 aliphatic heterocycles. The third-order valence-electron chi connectivity index (χ3n) is 7.31. The first-order valence-corrected chi connectivity index (χ1v) is 14.7. The largest absolute Gasteiger partial charge is 0.512 e. The van der Waals surface area contributed by atoms with E-state index < -0.39 is 11.4 Å². The highest BCUT2D eigenvalue weighted by molar-refractivity contribution is 6.03. The molecule has 4 rings (SSSR count). The first kappa shape index (κ1) is 32.5. The van der Waals surface area contributed by atoms with E-state index in [1.54, 1.807) is 43.5 Å². The average Bonchev–Trinajstić information content (AvgIpc) is 2.99. The zero-order valence-electron chi connectivity index (χ0n) is 25.7. The van der Waals surface area contributed by atoms with E-state index >= 15 is 0 Å². The van der Waals surface area contributed by atoms with Gasteiger partial charge in [0.2, 0.25) is 5.88 Å². The van der Waals surface area contributed by atoms with Gasteiger partial charge in [-0.15, -0.1) is 0 Å². The molecular weight excluding hydrogens is 564 g/mol. The summed E-state index contributed by atoms with van der Waals surface area (Å²) in [5.41, 5.74) is 6.33. The van der Waals surface area contributed by atoms with Gasteiger partial charge in [-0.05, 0) is 56.5 Å². The number of hydrogen-bond acceptors (Lipinski definition) is 9. The number of aromatic nitrogens is 2. The zero-order chi connectivity index (χ0) is 31.7. The van der Waals surface area contributed by atoms with Gasteiger partial charge in [-0.3, -0.25) is 0 Å². The highest BCUT2D eigenvalue weighted by Gasteiger charge is 2.19. The Labute approximate surface area is 257 Å². The summed E-state index contributed by atoms with van der Waals surface area (Å²) in [6, 6.07) is 9.65. The molecule has 2 heterocycles. The van der Waals surface area contributed by atoms with Crippen molar-refractivity contribution in [3.8, 4) is 23.1 Å². The SMILES string of the molecule is COc1cc2ncnc(Oc3cccc(NC(=O)/N=C(N)\C=C(/O)C(C)(C)C)c3)c2cc1OCCCN1CCC(CO)CC1. The number of aliphatic hydroxyl groups excluding tert-OH is 2. The smallest absolute Gasteiger partial charge is 0.347 e. The lowest BCUT2D eigenvalue weighted by molar-refractivity contribution is 0.126. The molecule has 12 heteroatoms. The summed E-state index contributed by atoms with van der Waals surface area (Å²) < 4.78 is 17.8. The van der Waals surface area contributed by atoms with Gasteiger partial charge in [0, 0.05) is 42.5 Å². The number of fused-ring (bicyclic) bond motifs is 1. The number of aliphatic imine (C=N–C) groups is 1. The minimum absolute atomic E-state index is 0.0141.